The van der Waals surface area contributed by atoms with Gasteiger partial charge in [0.1, 0.15) is 0 Å². The monoisotopic (exact) mass is 364 g/mol. The average Bonchev–Trinajstić information content (AvgIpc) is 2.82. The molecule has 0 aliphatic heterocycles. The molecule has 0 spiro atoms. The molecule has 1 aliphatic rings. The predicted octanol–water partition coefficient (Wildman–Crippen LogP) is 5.18. The number of fused-ring (bicyclic) bond motifs is 3. The van der Waals surface area contributed by atoms with Crippen LogP contribution >= 0.6 is 0 Å². The lowest BCUT2D eigenvalue weighted by Gasteiger charge is -2.35. The zero-order valence-electron chi connectivity index (χ0n) is 18.4. The van der Waals surface area contributed by atoms with Crippen molar-refractivity contribution < 1.29 is 0 Å². The van der Waals surface area contributed by atoms with Crippen LogP contribution < -0.4 is 10.6 Å². The standard InChI is InChI=1S/C25H36N2/c1-15(2)26-13-25(14-27-16(3)4)23-11-19(7)17(5)9-21(23)22-10-18(6)20(8)12-24(22)25/h9-12,15-16,26-27H,13-14H2,1-8H3. The third kappa shape index (κ3) is 3.58. The minimum Gasteiger partial charge on any atom is -0.313 e. The van der Waals surface area contributed by atoms with E-state index in [2.05, 4.69) is 90.3 Å². The molecule has 0 heterocycles. The molecule has 0 aromatic heterocycles. The molecule has 2 aromatic carbocycles. The molecule has 2 aromatic rings. The summed E-state index contributed by atoms with van der Waals surface area (Å²) in [6, 6.07) is 10.6. The lowest BCUT2D eigenvalue weighted by molar-refractivity contribution is 0.403. The van der Waals surface area contributed by atoms with Gasteiger partial charge in [0.05, 0.1) is 0 Å². The van der Waals surface area contributed by atoms with Gasteiger partial charge in [-0.05, 0) is 72.2 Å². The quantitative estimate of drug-likeness (QED) is 0.738. The Labute approximate surface area is 165 Å². The first kappa shape index (κ1) is 20.1. The Hall–Kier alpha value is -1.64. The van der Waals surface area contributed by atoms with E-state index in [0.717, 1.165) is 13.1 Å². The molecule has 0 saturated carbocycles. The van der Waals surface area contributed by atoms with Crippen LogP contribution in [0.5, 0.6) is 0 Å². The molecule has 2 heteroatoms. The van der Waals surface area contributed by atoms with Crippen LogP contribution in [0.25, 0.3) is 11.1 Å². The average molecular weight is 365 g/mol. The maximum Gasteiger partial charge on any atom is 0.0464 e. The lowest BCUT2D eigenvalue weighted by atomic mass is 9.76. The molecular formula is C25H36N2. The van der Waals surface area contributed by atoms with Gasteiger partial charge in [0, 0.05) is 30.6 Å². The smallest absolute Gasteiger partial charge is 0.0464 e. The molecule has 0 atom stereocenters. The van der Waals surface area contributed by atoms with E-state index in [4.69, 9.17) is 0 Å². The Bertz CT molecular complexity index is 774. The van der Waals surface area contributed by atoms with Crippen LogP contribution in [-0.2, 0) is 5.41 Å². The molecular weight excluding hydrogens is 328 g/mol. The maximum atomic E-state index is 3.76. The van der Waals surface area contributed by atoms with E-state index in [1.807, 2.05) is 0 Å². The van der Waals surface area contributed by atoms with Crippen molar-refractivity contribution in [3.05, 3.63) is 57.6 Å². The van der Waals surface area contributed by atoms with E-state index >= 15 is 0 Å². The Morgan fingerprint density at radius 1 is 0.630 bits per heavy atom. The van der Waals surface area contributed by atoms with Gasteiger partial charge < -0.3 is 10.6 Å². The van der Waals surface area contributed by atoms with E-state index in [1.165, 1.54) is 44.5 Å². The first-order chi connectivity index (χ1) is 12.7. The Balaban J connectivity index is 2.27. The van der Waals surface area contributed by atoms with Gasteiger partial charge in [-0.1, -0.05) is 52.0 Å². The summed E-state index contributed by atoms with van der Waals surface area (Å²) in [5, 5.41) is 7.52. The van der Waals surface area contributed by atoms with Crippen molar-refractivity contribution in [3.63, 3.8) is 0 Å². The molecule has 0 saturated heterocycles. The summed E-state index contributed by atoms with van der Waals surface area (Å²) in [6.45, 7) is 19.8. The molecule has 0 bridgehead atoms. The van der Waals surface area contributed by atoms with Crippen LogP contribution in [0.2, 0.25) is 0 Å². The van der Waals surface area contributed by atoms with Crippen molar-refractivity contribution in [1.29, 1.82) is 0 Å². The summed E-state index contributed by atoms with van der Waals surface area (Å²) in [5.41, 5.74) is 11.3. The number of aryl methyl sites for hydroxylation is 4. The first-order valence-electron chi connectivity index (χ1n) is 10.4. The largest absolute Gasteiger partial charge is 0.313 e. The van der Waals surface area contributed by atoms with Crippen molar-refractivity contribution in [1.82, 2.24) is 10.6 Å². The third-order valence-corrected chi connectivity index (χ3v) is 6.21. The van der Waals surface area contributed by atoms with Crippen LogP contribution in [0.3, 0.4) is 0 Å². The van der Waals surface area contributed by atoms with Gasteiger partial charge in [-0.3, -0.25) is 0 Å². The first-order valence-corrected chi connectivity index (χ1v) is 10.4. The van der Waals surface area contributed by atoms with E-state index in [1.54, 1.807) is 0 Å². The number of benzene rings is 2. The third-order valence-electron chi connectivity index (χ3n) is 6.21. The minimum atomic E-state index is -0.0316. The second-order valence-corrected chi connectivity index (χ2v) is 9.12. The highest BCUT2D eigenvalue weighted by Crippen LogP contribution is 2.50. The molecule has 27 heavy (non-hydrogen) atoms. The minimum absolute atomic E-state index is 0.0316. The number of nitrogens with one attached hydrogen (secondary N) is 2. The van der Waals surface area contributed by atoms with Crippen LogP contribution in [0.4, 0.5) is 0 Å². The van der Waals surface area contributed by atoms with Crippen molar-refractivity contribution >= 4 is 0 Å². The second-order valence-electron chi connectivity index (χ2n) is 9.12. The van der Waals surface area contributed by atoms with Gasteiger partial charge in [-0.25, -0.2) is 0 Å². The normalized spacial score (nSPS) is 14.7. The molecule has 0 amide bonds. The fourth-order valence-corrected chi connectivity index (χ4v) is 4.22. The molecule has 2 N–H and O–H groups in total. The van der Waals surface area contributed by atoms with E-state index < -0.39 is 0 Å². The van der Waals surface area contributed by atoms with Gasteiger partial charge in [-0.15, -0.1) is 0 Å². The van der Waals surface area contributed by atoms with Gasteiger partial charge >= 0.3 is 0 Å². The van der Waals surface area contributed by atoms with Crippen LogP contribution in [0, 0.1) is 27.7 Å². The molecule has 3 rings (SSSR count). The van der Waals surface area contributed by atoms with Crippen molar-refractivity contribution in [2.24, 2.45) is 0 Å². The highest BCUT2D eigenvalue weighted by atomic mass is 15.0. The molecule has 0 fully saturated rings. The fourth-order valence-electron chi connectivity index (χ4n) is 4.22. The highest BCUT2D eigenvalue weighted by molar-refractivity contribution is 5.83. The van der Waals surface area contributed by atoms with Gasteiger partial charge in [0.15, 0.2) is 0 Å². The zero-order valence-corrected chi connectivity index (χ0v) is 18.4. The summed E-state index contributed by atoms with van der Waals surface area (Å²) in [6.07, 6.45) is 0. The van der Waals surface area contributed by atoms with Crippen LogP contribution in [0.1, 0.15) is 61.1 Å². The summed E-state index contributed by atoms with van der Waals surface area (Å²) < 4.78 is 0. The van der Waals surface area contributed by atoms with Gasteiger partial charge in [0.2, 0.25) is 0 Å². The topological polar surface area (TPSA) is 24.1 Å². The van der Waals surface area contributed by atoms with E-state index in [0.29, 0.717) is 12.1 Å². The molecule has 146 valence electrons. The SMILES string of the molecule is Cc1cc2c(cc1C)C(CNC(C)C)(CNC(C)C)c1cc(C)c(C)cc1-2. The molecule has 2 nitrogen and oxygen atoms in total. The van der Waals surface area contributed by atoms with Gasteiger partial charge in [0.25, 0.3) is 0 Å². The number of hydrogen-bond acceptors (Lipinski definition) is 2. The number of rotatable bonds is 6. The second kappa shape index (κ2) is 7.41. The Morgan fingerprint density at radius 2 is 0.963 bits per heavy atom. The van der Waals surface area contributed by atoms with E-state index in [9.17, 15) is 0 Å². The van der Waals surface area contributed by atoms with E-state index in [-0.39, 0.29) is 5.41 Å². The summed E-state index contributed by atoms with van der Waals surface area (Å²) in [4.78, 5) is 0. The fraction of sp³-hybridized carbons (Fsp3) is 0.520. The lowest BCUT2D eigenvalue weighted by Crippen LogP contribution is -2.48. The summed E-state index contributed by atoms with van der Waals surface area (Å²) in [5.74, 6) is 0. The van der Waals surface area contributed by atoms with Crippen molar-refractivity contribution in [2.75, 3.05) is 13.1 Å². The molecule has 0 unspecified atom stereocenters. The predicted molar refractivity (Wildman–Crippen MR) is 118 cm³/mol. The van der Waals surface area contributed by atoms with Crippen molar-refractivity contribution in [2.45, 2.75) is 72.9 Å². The summed E-state index contributed by atoms with van der Waals surface area (Å²) in [7, 11) is 0. The highest BCUT2D eigenvalue weighted by Gasteiger charge is 2.43. The zero-order chi connectivity index (χ0) is 19.9. The van der Waals surface area contributed by atoms with Gasteiger partial charge in [-0.2, -0.15) is 0 Å². The number of hydrogen-bond donors (Lipinski definition) is 2. The van der Waals surface area contributed by atoms with Crippen molar-refractivity contribution in [3.8, 4) is 11.1 Å². The molecule has 0 radical (unpaired) electrons. The maximum absolute atomic E-state index is 3.76. The van der Waals surface area contributed by atoms with Crippen LogP contribution in [-0.4, -0.2) is 25.2 Å². The molecule has 1 aliphatic carbocycles. The van der Waals surface area contributed by atoms with Crippen LogP contribution in [0.15, 0.2) is 24.3 Å². The summed E-state index contributed by atoms with van der Waals surface area (Å²) >= 11 is 0. The Kier molecular flexibility index (Phi) is 5.52. The Morgan fingerprint density at radius 3 is 1.30 bits per heavy atom.